The van der Waals surface area contributed by atoms with Crippen molar-refractivity contribution >= 4 is 33.9 Å². The average molecular weight is 483 g/mol. The van der Waals surface area contributed by atoms with E-state index in [1.54, 1.807) is 0 Å². The first-order chi connectivity index (χ1) is 15.9. The number of hydrogen-bond acceptors (Lipinski definition) is 6. The zero-order valence-corrected chi connectivity index (χ0v) is 20.0. The van der Waals surface area contributed by atoms with Gasteiger partial charge in [-0.15, -0.1) is 0 Å². The highest BCUT2D eigenvalue weighted by Gasteiger charge is 2.53. The van der Waals surface area contributed by atoms with E-state index >= 15 is 0 Å². The summed E-state index contributed by atoms with van der Waals surface area (Å²) in [4.78, 5) is 7.76. The van der Waals surface area contributed by atoms with E-state index in [0.29, 0.717) is 40.1 Å². The van der Waals surface area contributed by atoms with Crippen molar-refractivity contribution in [3.8, 4) is 6.07 Å². The van der Waals surface area contributed by atoms with Crippen molar-refractivity contribution in [2.75, 3.05) is 35.7 Å². The Morgan fingerprint density at radius 3 is 2.61 bits per heavy atom. The second-order valence-electron chi connectivity index (χ2n) is 10.3. The standard InChI is InChI=1S/C25H27ClN4O2S/c26-18-4-2-16(3-5-18)17-10-24(11-17)13-30(14-24)23-19(12-27)21(29-25(15-31)7-1-8-25)22-20(28-23)6-9-33(22)32/h2-5,17,31H,1,6-11,13-15H2,(H,28,29). The quantitative estimate of drug-likeness (QED) is 0.670. The van der Waals surface area contributed by atoms with E-state index in [1.165, 1.54) is 5.56 Å². The van der Waals surface area contributed by atoms with Crippen LogP contribution in [0.15, 0.2) is 29.2 Å². The maximum absolute atomic E-state index is 12.8. The molecule has 3 fully saturated rings. The summed E-state index contributed by atoms with van der Waals surface area (Å²) in [6, 6.07) is 10.5. The van der Waals surface area contributed by atoms with E-state index in [9.17, 15) is 14.6 Å². The molecule has 1 aromatic carbocycles. The Balaban J connectivity index is 1.26. The highest BCUT2D eigenvalue weighted by atomic mass is 35.5. The molecule has 33 heavy (non-hydrogen) atoms. The van der Waals surface area contributed by atoms with Crippen LogP contribution >= 0.6 is 11.6 Å². The van der Waals surface area contributed by atoms with Gasteiger partial charge in [0.25, 0.3) is 0 Å². The molecule has 3 heterocycles. The summed E-state index contributed by atoms with van der Waals surface area (Å²) in [5, 5.41) is 24.4. The average Bonchev–Trinajstić information content (AvgIpc) is 3.10. The first kappa shape index (κ1) is 21.4. The van der Waals surface area contributed by atoms with Gasteiger partial charge in [-0.2, -0.15) is 5.26 Å². The third kappa shape index (κ3) is 3.38. The van der Waals surface area contributed by atoms with Crippen LogP contribution in [0.2, 0.25) is 5.02 Å². The number of halogens is 1. The third-order valence-electron chi connectivity index (χ3n) is 8.12. The predicted molar refractivity (Wildman–Crippen MR) is 129 cm³/mol. The number of pyridine rings is 1. The Morgan fingerprint density at radius 1 is 1.27 bits per heavy atom. The van der Waals surface area contributed by atoms with Crippen LogP contribution in [0.25, 0.3) is 0 Å². The van der Waals surface area contributed by atoms with Gasteiger partial charge in [-0.3, -0.25) is 4.21 Å². The number of fused-ring (bicyclic) bond motifs is 1. The van der Waals surface area contributed by atoms with Gasteiger partial charge in [-0.1, -0.05) is 23.7 Å². The molecule has 6 rings (SSSR count). The lowest BCUT2D eigenvalue weighted by Gasteiger charge is -2.60. The van der Waals surface area contributed by atoms with E-state index in [4.69, 9.17) is 16.6 Å². The molecule has 0 bridgehead atoms. The van der Waals surface area contributed by atoms with Crippen LogP contribution in [0, 0.1) is 16.7 Å². The smallest absolute Gasteiger partial charge is 0.149 e. The zero-order valence-electron chi connectivity index (χ0n) is 18.4. The molecule has 2 saturated carbocycles. The number of anilines is 2. The van der Waals surface area contributed by atoms with Gasteiger partial charge >= 0.3 is 0 Å². The van der Waals surface area contributed by atoms with Gasteiger partial charge in [0.2, 0.25) is 0 Å². The number of aryl methyl sites for hydroxylation is 1. The lowest BCUT2D eigenvalue weighted by Crippen LogP contribution is -2.62. The molecule has 0 amide bonds. The van der Waals surface area contributed by atoms with Crippen molar-refractivity contribution in [1.82, 2.24) is 4.98 Å². The maximum atomic E-state index is 12.8. The number of nitriles is 1. The fraction of sp³-hybridized carbons (Fsp3) is 0.520. The first-order valence-electron chi connectivity index (χ1n) is 11.7. The monoisotopic (exact) mass is 482 g/mol. The Labute approximate surface area is 201 Å². The van der Waals surface area contributed by atoms with E-state index in [0.717, 1.165) is 55.9 Å². The van der Waals surface area contributed by atoms with Gasteiger partial charge in [0.1, 0.15) is 17.5 Å². The topological polar surface area (TPSA) is 89.2 Å². The van der Waals surface area contributed by atoms with Gasteiger partial charge in [0.15, 0.2) is 0 Å². The molecule has 0 radical (unpaired) electrons. The molecule has 4 aliphatic rings. The Morgan fingerprint density at radius 2 is 2.00 bits per heavy atom. The predicted octanol–water partition coefficient (Wildman–Crippen LogP) is 3.98. The highest BCUT2D eigenvalue weighted by Crippen LogP contribution is 2.57. The van der Waals surface area contributed by atoms with Crippen molar-refractivity contribution in [3.05, 3.63) is 46.1 Å². The minimum Gasteiger partial charge on any atom is -0.394 e. The molecule has 2 aromatic rings. The van der Waals surface area contributed by atoms with E-state index < -0.39 is 16.3 Å². The molecule has 2 aliphatic carbocycles. The fourth-order valence-electron chi connectivity index (χ4n) is 6.08. The van der Waals surface area contributed by atoms with Gasteiger partial charge in [-0.05, 0) is 55.7 Å². The Hall–Kier alpha value is -2.14. The second-order valence-corrected chi connectivity index (χ2v) is 12.2. The molecule has 1 aromatic heterocycles. The van der Waals surface area contributed by atoms with Gasteiger partial charge in [0.05, 0.1) is 39.2 Å². The van der Waals surface area contributed by atoms with Crippen LogP contribution in [-0.4, -0.2) is 45.3 Å². The molecule has 2 N–H and O–H groups in total. The second kappa shape index (κ2) is 7.69. The maximum Gasteiger partial charge on any atom is 0.149 e. The van der Waals surface area contributed by atoms with Crippen LogP contribution in [-0.2, 0) is 17.2 Å². The van der Waals surface area contributed by atoms with Crippen molar-refractivity contribution < 1.29 is 9.32 Å². The largest absolute Gasteiger partial charge is 0.394 e. The minimum atomic E-state index is -1.16. The van der Waals surface area contributed by atoms with Crippen LogP contribution < -0.4 is 10.2 Å². The van der Waals surface area contributed by atoms with Crippen molar-refractivity contribution in [1.29, 1.82) is 5.26 Å². The summed E-state index contributed by atoms with van der Waals surface area (Å²) in [5.74, 6) is 1.82. The zero-order chi connectivity index (χ0) is 22.8. The molecule has 8 heteroatoms. The molecular formula is C25H27ClN4O2S. The van der Waals surface area contributed by atoms with Gasteiger partial charge in [-0.25, -0.2) is 4.98 Å². The molecule has 1 unspecified atom stereocenters. The number of aliphatic hydroxyl groups excluding tert-OH is 1. The molecular weight excluding hydrogens is 456 g/mol. The van der Waals surface area contributed by atoms with Crippen molar-refractivity contribution in [2.24, 2.45) is 5.41 Å². The molecule has 2 aliphatic heterocycles. The minimum absolute atomic E-state index is 0.00977. The summed E-state index contributed by atoms with van der Waals surface area (Å²) in [6.45, 7) is 1.80. The van der Waals surface area contributed by atoms with E-state index in [1.807, 2.05) is 12.1 Å². The first-order valence-corrected chi connectivity index (χ1v) is 13.4. The molecule has 172 valence electrons. The number of hydrogen-bond donors (Lipinski definition) is 2. The van der Waals surface area contributed by atoms with Crippen molar-refractivity contribution in [2.45, 2.75) is 54.9 Å². The molecule has 1 saturated heterocycles. The SMILES string of the molecule is N#Cc1c(N2CC3(CC(c4ccc(Cl)cc4)C3)C2)nc2c(c1NC1(CO)CCC1)S(=O)CC2. The van der Waals surface area contributed by atoms with E-state index in [-0.39, 0.29) is 12.0 Å². The summed E-state index contributed by atoms with van der Waals surface area (Å²) >= 11 is 6.03. The number of rotatable bonds is 5. The summed E-state index contributed by atoms with van der Waals surface area (Å²) in [5.41, 5.74) is 3.18. The highest BCUT2D eigenvalue weighted by molar-refractivity contribution is 7.85. The summed E-state index contributed by atoms with van der Waals surface area (Å²) in [7, 11) is -1.16. The van der Waals surface area contributed by atoms with Crippen LogP contribution in [0.3, 0.4) is 0 Å². The van der Waals surface area contributed by atoms with Crippen LogP contribution in [0.5, 0.6) is 0 Å². The Bertz CT molecular complexity index is 1170. The van der Waals surface area contributed by atoms with Crippen LogP contribution in [0.1, 0.15) is 54.8 Å². The Kier molecular flexibility index (Phi) is 4.99. The summed E-state index contributed by atoms with van der Waals surface area (Å²) < 4.78 is 12.8. The van der Waals surface area contributed by atoms with Crippen molar-refractivity contribution in [3.63, 3.8) is 0 Å². The van der Waals surface area contributed by atoms with Crippen LogP contribution in [0.4, 0.5) is 11.5 Å². The third-order valence-corrected chi connectivity index (χ3v) is 9.85. The summed E-state index contributed by atoms with van der Waals surface area (Å²) in [6.07, 6.45) is 5.70. The number of aliphatic hydroxyl groups is 1. The lowest BCUT2D eigenvalue weighted by molar-refractivity contribution is 0.0626. The van der Waals surface area contributed by atoms with Gasteiger partial charge in [0, 0.05) is 35.7 Å². The number of nitrogens with one attached hydrogen (secondary N) is 1. The molecule has 1 atom stereocenters. The molecule has 6 nitrogen and oxygen atoms in total. The van der Waals surface area contributed by atoms with E-state index in [2.05, 4.69) is 28.4 Å². The number of benzene rings is 1. The van der Waals surface area contributed by atoms with Gasteiger partial charge < -0.3 is 15.3 Å². The normalized spacial score (nSPS) is 24.4. The number of aromatic nitrogens is 1. The molecule has 1 spiro atoms. The fourth-order valence-corrected chi connectivity index (χ4v) is 7.58. The number of nitrogens with zero attached hydrogens (tertiary/aromatic N) is 3. The lowest BCUT2D eigenvalue weighted by atomic mass is 9.56.